The maximum Gasteiger partial charge on any atom is 0.332 e. The zero-order chi connectivity index (χ0) is 32.0. The number of ether oxygens (including phenoxy) is 6. The molecule has 1 aliphatic heterocycles. The molecule has 1 unspecified atom stereocenters. The Morgan fingerprint density at radius 1 is 1.00 bits per heavy atom. The molecule has 5 fully saturated rings. The lowest BCUT2D eigenvalue weighted by Crippen LogP contribution is -2.58. The van der Waals surface area contributed by atoms with Crippen LogP contribution in [0.3, 0.4) is 0 Å². The predicted octanol–water partition coefficient (Wildman–Crippen LogP) is 7.19. The summed E-state index contributed by atoms with van der Waals surface area (Å²) in [6.45, 7) is 12.8. The van der Waals surface area contributed by atoms with Crippen molar-refractivity contribution in [2.75, 3.05) is 33.7 Å². The Hall–Kier alpha value is -1.71. The first-order chi connectivity index (χ1) is 21.4. The van der Waals surface area contributed by atoms with Gasteiger partial charge in [-0.05, 0) is 117 Å². The molecule has 252 valence electrons. The van der Waals surface area contributed by atoms with Crippen molar-refractivity contribution in [3.05, 3.63) is 29.8 Å². The topological polar surface area (TPSA) is 92.7 Å². The van der Waals surface area contributed by atoms with Crippen LogP contribution in [0.15, 0.2) is 24.3 Å². The minimum atomic E-state index is -0.957. The lowest BCUT2D eigenvalue weighted by Gasteiger charge is -2.64. The van der Waals surface area contributed by atoms with Gasteiger partial charge in [0.05, 0.1) is 31.5 Å². The molecule has 1 N–H and O–H groups in total. The van der Waals surface area contributed by atoms with Crippen LogP contribution in [0.4, 0.5) is 0 Å². The molecule has 1 spiro atoms. The summed E-state index contributed by atoms with van der Waals surface area (Å²) in [5.74, 6) is 2.28. The van der Waals surface area contributed by atoms with Crippen molar-refractivity contribution in [3.63, 3.8) is 0 Å². The molecule has 1 aromatic rings. The van der Waals surface area contributed by atoms with Gasteiger partial charge in [-0.1, -0.05) is 26.0 Å². The molecule has 45 heavy (non-hydrogen) atoms. The highest BCUT2D eigenvalue weighted by molar-refractivity contribution is 5.72. The van der Waals surface area contributed by atoms with Gasteiger partial charge in [-0.15, -0.1) is 0 Å². The Labute approximate surface area is 269 Å². The Kier molecular flexibility index (Phi) is 9.38. The van der Waals surface area contributed by atoms with E-state index in [0.29, 0.717) is 56.0 Å². The molecule has 4 aliphatic carbocycles. The fourth-order valence-electron chi connectivity index (χ4n) is 10.5. The van der Waals surface area contributed by atoms with E-state index in [9.17, 15) is 9.90 Å². The number of fused-ring (bicyclic) bond motifs is 5. The SMILES string of the molecule is COCO[C@H]1CC[C@H]2[C@@H]3[C@H](c4ccc(OCCC(OC(C)(C)C)C(=O)O)cc4)C[C@H]4CC5(CC[C@]4(C)[C@H]3CC[C@]12C)OCCO5. The molecule has 4 saturated carbocycles. The number of carbonyl (C=O) groups is 1. The van der Waals surface area contributed by atoms with Gasteiger partial charge in [0, 0.05) is 26.4 Å². The molecule has 8 nitrogen and oxygen atoms in total. The first-order valence-corrected chi connectivity index (χ1v) is 17.4. The van der Waals surface area contributed by atoms with E-state index in [1.165, 1.54) is 31.2 Å². The number of methoxy groups -OCH3 is 1. The van der Waals surface area contributed by atoms with Gasteiger partial charge >= 0.3 is 5.97 Å². The van der Waals surface area contributed by atoms with Crippen LogP contribution in [0.25, 0.3) is 0 Å². The van der Waals surface area contributed by atoms with Crippen molar-refractivity contribution in [1.82, 2.24) is 0 Å². The summed E-state index contributed by atoms with van der Waals surface area (Å²) in [5.41, 5.74) is 1.30. The van der Waals surface area contributed by atoms with Crippen molar-refractivity contribution < 1.29 is 38.3 Å². The minimum Gasteiger partial charge on any atom is -0.493 e. The van der Waals surface area contributed by atoms with E-state index < -0.39 is 17.7 Å². The smallest absolute Gasteiger partial charge is 0.332 e. The zero-order valence-corrected chi connectivity index (χ0v) is 28.3. The summed E-state index contributed by atoms with van der Waals surface area (Å²) in [6.07, 6.45) is 8.72. The summed E-state index contributed by atoms with van der Waals surface area (Å²) in [6, 6.07) is 8.68. The van der Waals surface area contributed by atoms with Gasteiger partial charge in [0.2, 0.25) is 0 Å². The fourth-order valence-corrected chi connectivity index (χ4v) is 10.5. The predicted molar refractivity (Wildman–Crippen MR) is 170 cm³/mol. The van der Waals surface area contributed by atoms with E-state index >= 15 is 0 Å². The van der Waals surface area contributed by atoms with Gasteiger partial charge in [0.1, 0.15) is 12.5 Å². The number of carboxylic acids is 1. The molecule has 5 aliphatic rings. The summed E-state index contributed by atoms with van der Waals surface area (Å²) in [5, 5.41) is 9.61. The molecule has 0 radical (unpaired) electrons. The number of aliphatic carboxylic acids is 1. The van der Waals surface area contributed by atoms with Gasteiger partial charge in [-0.2, -0.15) is 0 Å². The lowest BCUT2D eigenvalue weighted by molar-refractivity contribution is -0.234. The highest BCUT2D eigenvalue weighted by Gasteiger charge is 2.64. The third-order valence-corrected chi connectivity index (χ3v) is 12.6. The first kappa shape index (κ1) is 33.2. The van der Waals surface area contributed by atoms with Gasteiger partial charge in [-0.3, -0.25) is 0 Å². The highest BCUT2D eigenvalue weighted by atomic mass is 16.7. The van der Waals surface area contributed by atoms with E-state index in [2.05, 4.69) is 38.1 Å². The largest absolute Gasteiger partial charge is 0.493 e. The van der Waals surface area contributed by atoms with Crippen LogP contribution < -0.4 is 4.74 Å². The van der Waals surface area contributed by atoms with Crippen molar-refractivity contribution in [2.45, 2.75) is 122 Å². The van der Waals surface area contributed by atoms with E-state index in [-0.39, 0.29) is 29.3 Å². The second-order valence-corrected chi connectivity index (χ2v) is 16.1. The van der Waals surface area contributed by atoms with Gasteiger partial charge in [0.15, 0.2) is 11.9 Å². The number of rotatable bonds is 10. The second kappa shape index (κ2) is 12.7. The molecule has 0 bridgehead atoms. The van der Waals surface area contributed by atoms with Crippen LogP contribution in [0.1, 0.15) is 104 Å². The van der Waals surface area contributed by atoms with Gasteiger partial charge in [-0.25, -0.2) is 4.79 Å². The monoisotopic (exact) mass is 628 g/mol. The fraction of sp³-hybridized carbons (Fsp3) is 0.811. The molecule has 6 rings (SSSR count). The van der Waals surface area contributed by atoms with E-state index in [0.717, 1.165) is 31.4 Å². The van der Waals surface area contributed by atoms with E-state index in [4.69, 9.17) is 28.4 Å². The summed E-state index contributed by atoms with van der Waals surface area (Å²) >= 11 is 0. The maximum absolute atomic E-state index is 11.7. The number of carboxylic acid groups (broad SMARTS) is 1. The Morgan fingerprint density at radius 2 is 1.71 bits per heavy atom. The third kappa shape index (κ3) is 6.43. The molecule has 0 aromatic heterocycles. The quantitative estimate of drug-likeness (QED) is 0.272. The number of hydrogen-bond acceptors (Lipinski definition) is 7. The molecule has 9 atom stereocenters. The number of hydrogen-bond donors (Lipinski definition) is 1. The molecule has 0 amide bonds. The van der Waals surface area contributed by atoms with Crippen molar-refractivity contribution in [2.24, 2.45) is 34.5 Å². The Balaban J connectivity index is 1.23. The van der Waals surface area contributed by atoms with Crippen LogP contribution in [0.2, 0.25) is 0 Å². The average molecular weight is 629 g/mol. The summed E-state index contributed by atoms with van der Waals surface area (Å²) < 4.78 is 36.0. The third-order valence-electron chi connectivity index (χ3n) is 12.6. The van der Waals surface area contributed by atoms with Crippen LogP contribution in [-0.2, 0) is 28.5 Å². The standard InChI is InChI=1S/C37H56O8/c1-34(2,3)45-30(33(38)39)14-18-41-26-9-7-24(8-10-26)27-21-25-22-37(43-19-20-44-37)17-16-35(25,4)29-13-15-36(5)28(32(27)29)11-12-31(36)42-23-40-6/h7-10,25,27-32H,11-23H2,1-6H3,(H,38,39)/t25-,27-,28-,29-,30?,31-,32-,35-,36-/m0/s1. The van der Waals surface area contributed by atoms with Crippen LogP contribution in [0, 0.1) is 34.5 Å². The van der Waals surface area contributed by atoms with Crippen molar-refractivity contribution in [1.29, 1.82) is 0 Å². The molecular weight excluding hydrogens is 572 g/mol. The normalized spacial score (nSPS) is 37.9. The number of benzene rings is 1. The van der Waals surface area contributed by atoms with Gasteiger partial charge in [0.25, 0.3) is 0 Å². The van der Waals surface area contributed by atoms with Crippen LogP contribution in [0.5, 0.6) is 5.75 Å². The van der Waals surface area contributed by atoms with E-state index in [1.807, 2.05) is 20.8 Å². The Bertz CT molecular complexity index is 1170. The maximum atomic E-state index is 11.7. The lowest BCUT2D eigenvalue weighted by atomic mass is 9.42. The first-order valence-electron chi connectivity index (χ1n) is 17.4. The average Bonchev–Trinajstić information content (AvgIpc) is 3.59. The van der Waals surface area contributed by atoms with Crippen molar-refractivity contribution in [3.8, 4) is 5.75 Å². The van der Waals surface area contributed by atoms with E-state index in [1.54, 1.807) is 7.11 Å². The minimum absolute atomic E-state index is 0.160. The molecule has 1 aromatic carbocycles. The Morgan fingerprint density at radius 3 is 2.38 bits per heavy atom. The second-order valence-electron chi connectivity index (χ2n) is 16.1. The molecule has 1 heterocycles. The molecular formula is C37H56O8. The highest BCUT2D eigenvalue weighted by Crippen LogP contribution is 2.70. The van der Waals surface area contributed by atoms with Crippen LogP contribution >= 0.6 is 0 Å². The summed E-state index contributed by atoms with van der Waals surface area (Å²) in [4.78, 5) is 11.7. The molecule has 1 saturated heterocycles. The molecule has 8 heteroatoms. The van der Waals surface area contributed by atoms with Crippen LogP contribution in [-0.4, -0.2) is 68.4 Å². The van der Waals surface area contributed by atoms with Crippen molar-refractivity contribution >= 4 is 5.97 Å². The zero-order valence-electron chi connectivity index (χ0n) is 28.3. The van der Waals surface area contributed by atoms with Gasteiger partial charge < -0.3 is 33.5 Å². The summed E-state index contributed by atoms with van der Waals surface area (Å²) in [7, 11) is 1.72.